The second-order valence-electron chi connectivity index (χ2n) is 6.37. The van der Waals surface area contributed by atoms with Gasteiger partial charge in [0, 0.05) is 0 Å². The summed E-state index contributed by atoms with van der Waals surface area (Å²) in [6, 6.07) is 9.17. The molecule has 11 heteroatoms. The normalized spacial score (nSPS) is 11.9. The van der Waals surface area contributed by atoms with E-state index in [4.69, 9.17) is 25.7 Å². The van der Waals surface area contributed by atoms with Crippen LogP contribution in [0.3, 0.4) is 0 Å². The summed E-state index contributed by atoms with van der Waals surface area (Å²) < 4.78 is 15.1. The highest BCUT2D eigenvalue weighted by molar-refractivity contribution is 5.93. The number of ether oxygens (including phenoxy) is 3. The van der Waals surface area contributed by atoms with Gasteiger partial charge in [0.25, 0.3) is 0 Å². The summed E-state index contributed by atoms with van der Waals surface area (Å²) in [6.45, 7) is 4.62. The highest BCUT2D eigenvalue weighted by Gasteiger charge is 2.11. The van der Waals surface area contributed by atoms with Crippen LogP contribution in [0.4, 0.5) is 27.8 Å². The van der Waals surface area contributed by atoms with E-state index in [1.807, 2.05) is 0 Å². The monoisotopic (exact) mass is 416 g/mol. The van der Waals surface area contributed by atoms with Gasteiger partial charge in [-0.3, -0.25) is 4.79 Å². The van der Waals surface area contributed by atoms with Gasteiger partial charge in [0.15, 0.2) is 11.6 Å². The quantitative estimate of drug-likeness (QED) is 0.335. The number of nitrogens with two attached hydrogens (primary N) is 2. The molecule has 2 rings (SSSR count). The van der Waals surface area contributed by atoms with Crippen molar-refractivity contribution in [1.82, 2.24) is 4.98 Å². The number of nitrogen functional groups attached to an aromatic ring is 1. The summed E-state index contributed by atoms with van der Waals surface area (Å²) in [7, 11) is 0. The molecule has 0 spiro atoms. The van der Waals surface area contributed by atoms with Crippen molar-refractivity contribution in [3.8, 4) is 5.75 Å². The van der Waals surface area contributed by atoms with Crippen LogP contribution in [-0.2, 0) is 14.3 Å². The highest BCUT2D eigenvalue weighted by Crippen LogP contribution is 2.30. The topological polar surface area (TPSA) is 164 Å². The van der Waals surface area contributed by atoms with Crippen LogP contribution in [0.15, 0.2) is 46.6 Å². The van der Waals surface area contributed by atoms with Gasteiger partial charge in [-0.05, 0) is 45.0 Å². The minimum Gasteiger partial charge on any atom is -0.455 e. The molecule has 0 saturated heterocycles. The SMILES string of the molecule is CC(C)OC(=O)OCOc1ccccc1/N=N/c1ccc(NC(=O)[C@H](C)N)nc1N. The molecule has 0 aliphatic carbocycles. The summed E-state index contributed by atoms with van der Waals surface area (Å²) in [5.74, 6) is 0.273. The average Bonchev–Trinajstić information content (AvgIpc) is 2.67. The lowest BCUT2D eigenvalue weighted by Gasteiger charge is -2.10. The van der Waals surface area contributed by atoms with Gasteiger partial charge in [0.1, 0.15) is 17.2 Å². The zero-order valence-electron chi connectivity index (χ0n) is 16.9. The van der Waals surface area contributed by atoms with Crippen molar-refractivity contribution in [3.05, 3.63) is 36.4 Å². The van der Waals surface area contributed by atoms with Crippen LogP contribution in [0.25, 0.3) is 0 Å². The number of nitrogens with one attached hydrogen (secondary N) is 1. The molecule has 0 fully saturated rings. The van der Waals surface area contributed by atoms with Crippen molar-refractivity contribution < 1.29 is 23.8 Å². The van der Waals surface area contributed by atoms with E-state index in [1.165, 1.54) is 6.07 Å². The van der Waals surface area contributed by atoms with Crippen LogP contribution < -0.4 is 21.5 Å². The predicted octanol–water partition coefficient (Wildman–Crippen LogP) is 3.26. The minimum atomic E-state index is -0.834. The first-order valence-electron chi connectivity index (χ1n) is 9.06. The molecule has 0 aliphatic rings. The summed E-state index contributed by atoms with van der Waals surface area (Å²) in [5, 5.41) is 10.7. The Morgan fingerprint density at radius 3 is 2.47 bits per heavy atom. The number of benzene rings is 1. The number of amides is 1. The van der Waals surface area contributed by atoms with Crippen molar-refractivity contribution in [3.63, 3.8) is 0 Å². The van der Waals surface area contributed by atoms with E-state index >= 15 is 0 Å². The first kappa shape index (κ1) is 22.6. The number of aromatic nitrogens is 1. The number of hydrogen-bond donors (Lipinski definition) is 3. The molecule has 1 amide bonds. The van der Waals surface area contributed by atoms with Gasteiger partial charge < -0.3 is 31.0 Å². The maximum Gasteiger partial charge on any atom is 0.511 e. The predicted molar refractivity (Wildman–Crippen MR) is 110 cm³/mol. The van der Waals surface area contributed by atoms with Crippen LogP contribution in [0.1, 0.15) is 20.8 Å². The van der Waals surface area contributed by atoms with Gasteiger partial charge in [0.2, 0.25) is 12.7 Å². The van der Waals surface area contributed by atoms with Crippen molar-refractivity contribution in [2.45, 2.75) is 32.9 Å². The van der Waals surface area contributed by atoms with Crippen LogP contribution in [0, 0.1) is 0 Å². The fourth-order valence-corrected chi connectivity index (χ4v) is 2.00. The smallest absolute Gasteiger partial charge is 0.455 e. The van der Waals surface area contributed by atoms with E-state index in [0.29, 0.717) is 17.1 Å². The van der Waals surface area contributed by atoms with Crippen LogP contribution >= 0.6 is 0 Å². The fraction of sp³-hybridized carbons (Fsp3) is 0.316. The lowest BCUT2D eigenvalue weighted by Crippen LogP contribution is -2.32. The minimum absolute atomic E-state index is 0.0689. The zero-order chi connectivity index (χ0) is 22.1. The fourth-order valence-electron chi connectivity index (χ4n) is 2.00. The van der Waals surface area contributed by atoms with E-state index in [-0.39, 0.29) is 30.4 Å². The molecular formula is C19H24N6O5. The van der Waals surface area contributed by atoms with E-state index in [1.54, 1.807) is 51.1 Å². The standard InChI is InChI=1S/C19H24N6O5/c1-11(2)30-19(27)29-10-28-15-7-5-4-6-13(15)24-25-14-8-9-16(22-17(14)21)23-18(26)12(3)20/h4-9,11-12H,10,20H2,1-3H3,(H3,21,22,23,26)/b25-24+/t12-/m0/s1. The molecule has 2 aromatic rings. The molecule has 160 valence electrons. The van der Waals surface area contributed by atoms with Crippen molar-refractivity contribution in [1.29, 1.82) is 0 Å². The van der Waals surface area contributed by atoms with Crippen molar-refractivity contribution in [2.75, 3.05) is 17.8 Å². The Morgan fingerprint density at radius 1 is 1.10 bits per heavy atom. The Bertz CT molecular complexity index is 916. The second kappa shape index (κ2) is 10.7. The number of nitrogens with zero attached hydrogens (tertiary/aromatic N) is 3. The molecule has 0 saturated carbocycles. The second-order valence-corrected chi connectivity index (χ2v) is 6.37. The molecule has 11 nitrogen and oxygen atoms in total. The molecule has 0 bridgehead atoms. The lowest BCUT2D eigenvalue weighted by molar-refractivity contribution is -0.117. The number of para-hydroxylation sites is 1. The Labute approximate surface area is 173 Å². The summed E-state index contributed by atoms with van der Waals surface area (Å²) in [6.07, 6.45) is -1.13. The maximum atomic E-state index is 11.6. The van der Waals surface area contributed by atoms with Gasteiger partial charge in [-0.25, -0.2) is 9.78 Å². The first-order valence-corrected chi connectivity index (χ1v) is 9.06. The molecule has 1 aromatic carbocycles. The van der Waals surface area contributed by atoms with E-state index in [0.717, 1.165) is 0 Å². The third kappa shape index (κ3) is 7.02. The molecule has 0 aliphatic heterocycles. The third-order valence-corrected chi connectivity index (χ3v) is 3.42. The summed E-state index contributed by atoms with van der Waals surface area (Å²) in [4.78, 5) is 27.1. The van der Waals surface area contributed by atoms with Crippen molar-refractivity contribution in [2.24, 2.45) is 16.0 Å². The van der Waals surface area contributed by atoms with Gasteiger partial charge in [-0.1, -0.05) is 12.1 Å². The number of rotatable bonds is 8. The number of azo groups is 1. The van der Waals surface area contributed by atoms with Gasteiger partial charge in [-0.15, -0.1) is 10.2 Å². The number of pyridine rings is 1. The highest BCUT2D eigenvalue weighted by atomic mass is 16.8. The molecular weight excluding hydrogens is 392 g/mol. The molecule has 5 N–H and O–H groups in total. The molecule has 1 atom stereocenters. The zero-order valence-corrected chi connectivity index (χ0v) is 16.9. The molecule has 1 aromatic heterocycles. The van der Waals surface area contributed by atoms with Gasteiger partial charge >= 0.3 is 6.16 Å². The van der Waals surface area contributed by atoms with Crippen LogP contribution in [0.5, 0.6) is 5.75 Å². The molecule has 30 heavy (non-hydrogen) atoms. The molecule has 0 unspecified atom stereocenters. The molecule has 1 heterocycles. The third-order valence-electron chi connectivity index (χ3n) is 3.42. The Morgan fingerprint density at radius 2 is 1.80 bits per heavy atom. The summed E-state index contributed by atoms with van der Waals surface area (Å²) >= 11 is 0. The first-order chi connectivity index (χ1) is 14.3. The largest absolute Gasteiger partial charge is 0.511 e. The van der Waals surface area contributed by atoms with Crippen LogP contribution in [-0.4, -0.2) is 36.0 Å². The Hall–Kier alpha value is -3.73. The summed E-state index contributed by atoms with van der Waals surface area (Å²) in [5.41, 5.74) is 12.1. The maximum absolute atomic E-state index is 11.6. The average molecular weight is 416 g/mol. The van der Waals surface area contributed by atoms with E-state index < -0.39 is 12.2 Å². The van der Waals surface area contributed by atoms with Crippen LogP contribution in [0.2, 0.25) is 0 Å². The number of hydrogen-bond acceptors (Lipinski definition) is 10. The molecule has 0 radical (unpaired) electrons. The Balaban J connectivity index is 2.04. The lowest BCUT2D eigenvalue weighted by atomic mass is 10.3. The number of carbonyl (C=O) groups excluding carboxylic acids is 2. The number of carbonyl (C=O) groups is 2. The van der Waals surface area contributed by atoms with Gasteiger partial charge in [0.05, 0.1) is 12.1 Å². The Kier molecular flexibility index (Phi) is 8.06. The van der Waals surface area contributed by atoms with Gasteiger partial charge in [-0.2, -0.15) is 0 Å². The van der Waals surface area contributed by atoms with Crippen molar-refractivity contribution >= 4 is 35.1 Å². The van der Waals surface area contributed by atoms with E-state index in [9.17, 15) is 9.59 Å². The van der Waals surface area contributed by atoms with E-state index in [2.05, 4.69) is 20.5 Å². The number of anilines is 2.